The zero-order chi connectivity index (χ0) is 14.0. The molecule has 7 heteroatoms. The summed E-state index contributed by atoms with van der Waals surface area (Å²) in [4.78, 5) is 18.4. The number of aromatic nitrogens is 2. The maximum absolute atomic E-state index is 11.0. The van der Waals surface area contributed by atoms with Gasteiger partial charge in [0.25, 0.3) is 0 Å². The number of aryl methyl sites for hydroxylation is 2. The summed E-state index contributed by atoms with van der Waals surface area (Å²) in [5.41, 5.74) is 0.656. The Bertz CT molecular complexity index is 626. The van der Waals surface area contributed by atoms with Crippen LogP contribution < -0.4 is 4.74 Å². The molecule has 98 valence electrons. The van der Waals surface area contributed by atoms with E-state index in [1.165, 1.54) is 18.2 Å². The van der Waals surface area contributed by atoms with Crippen LogP contribution in [0.5, 0.6) is 11.6 Å². The van der Waals surface area contributed by atoms with Gasteiger partial charge in [0.1, 0.15) is 11.0 Å². The number of hydrogen-bond acceptors (Lipinski definition) is 5. The lowest BCUT2D eigenvalue weighted by Gasteiger charge is -2.06. The molecule has 0 radical (unpaired) electrons. The Labute approximate surface area is 114 Å². The van der Waals surface area contributed by atoms with Gasteiger partial charge in [-0.2, -0.15) is 4.98 Å². The Kier molecular flexibility index (Phi) is 3.62. The first-order valence-electron chi connectivity index (χ1n) is 5.40. The Morgan fingerprint density at radius 1 is 1.26 bits per heavy atom. The predicted molar refractivity (Wildman–Crippen MR) is 69.7 cm³/mol. The van der Waals surface area contributed by atoms with Crippen LogP contribution in [0.1, 0.15) is 11.4 Å². The minimum absolute atomic E-state index is 0.116. The molecule has 0 bridgehead atoms. The predicted octanol–water partition coefficient (Wildman–Crippen LogP) is 3.45. The van der Waals surface area contributed by atoms with Crippen LogP contribution in [0.25, 0.3) is 0 Å². The number of nitro benzene ring substituents is 1. The lowest BCUT2D eigenvalue weighted by Crippen LogP contribution is -1.97. The van der Waals surface area contributed by atoms with Gasteiger partial charge in [-0.05, 0) is 25.5 Å². The number of rotatable bonds is 3. The lowest BCUT2D eigenvalue weighted by atomic mass is 10.2. The Morgan fingerprint density at radius 2 is 2.00 bits per heavy atom. The van der Waals surface area contributed by atoms with E-state index in [-0.39, 0.29) is 22.5 Å². The first kappa shape index (κ1) is 13.2. The molecule has 19 heavy (non-hydrogen) atoms. The van der Waals surface area contributed by atoms with Crippen LogP contribution in [0.4, 0.5) is 5.69 Å². The molecule has 1 aromatic carbocycles. The van der Waals surface area contributed by atoms with Crippen LogP contribution >= 0.6 is 11.6 Å². The summed E-state index contributed by atoms with van der Waals surface area (Å²) in [7, 11) is 0. The van der Waals surface area contributed by atoms with E-state index in [1.807, 2.05) is 0 Å². The molecule has 0 N–H and O–H groups in total. The van der Waals surface area contributed by atoms with Gasteiger partial charge in [0.05, 0.1) is 4.92 Å². The topological polar surface area (TPSA) is 78.2 Å². The summed E-state index contributed by atoms with van der Waals surface area (Å²) < 4.78 is 5.41. The maximum atomic E-state index is 11.0. The van der Waals surface area contributed by atoms with Gasteiger partial charge in [0.15, 0.2) is 0 Å². The molecule has 0 aliphatic carbocycles. The molecule has 1 aromatic heterocycles. The molecule has 0 fully saturated rings. The molecule has 0 spiro atoms. The Morgan fingerprint density at radius 3 is 2.63 bits per heavy atom. The third-order valence-corrected chi connectivity index (χ3v) is 2.50. The number of benzene rings is 1. The molecule has 2 rings (SSSR count). The molecule has 1 heterocycles. The number of halogens is 1. The monoisotopic (exact) mass is 279 g/mol. The van der Waals surface area contributed by atoms with Crippen molar-refractivity contribution in [3.05, 3.63) is 50.9 Å². The SMILES string of the molecule is Cc1ccc(Oc2cc(Cl)nc(C)n2)c([N+](=O)[O-])c1. The second-order valence-electron chi connectivity index (χ2n) is 3.91. The highest BCUT2D eigenvalue weighted by Gasteiger charge is 2.16. The summed E-state index contributed by atoms with van der Waals surface area (Å²) in [6.45, 7) is 3.42. The van der Waals surface area contributed by atoms with Crippen molar-refractivity contribution in [3.63, 3.8) is 0 Å². The van der Waals surface area contributed by atoms with E-state index in [4.69, 9.17) is 16.3 Å². The van der Waals surface area contributed by atoms with Gasteiger partial charge < -0.3 is 4.74 Å². The summed E-state index contributed by atoms with van der Waals surface area (Å²) in [6.07, 6.45) is 0. The molecule has 0 amide bonds. The molecule has 0 unspecified atom stereocenters. The minimum Gasteiger partial charge on any atom is -0.432 e. The number of nitrogens with zero attached hydrogens (tertiary/aromatic N) is 3. The largest absolute Gasteiger partial charge is 0.432 e. The fourth-order valence-electron chi connectivity index (χ4n) is 1.53. The third-order valence-electron chi connectivity index (χ3n) is 2.31. The summed E-state index contributed by atoms with van der Waals surface area (Å²) in [5.74, 6) is 0.714. The van der Waals surface area contributed by atoms with E-state index < -0.39 is 4.92 Å². The Balaban J connectivity index is 2.40. The summed E-state index contributed by atoms with van der Waals surface area (Å²) in [6, 6.07) is 6.08. The van der Waals surface area contributed by atoms with Crippen LogP contribution in [-0.4, -0.2) is 14.9 Å². The van der Waals surface area contributed by atoms with Gasteiger partial charge in [0, 0.05) is 12.1 Å². The normalized spacial score (nSPS) is 10.3. The molecule has 0 aliphatic heterocycles. The molecular formula is C12H10ClN3O3. The molecular weight excluding hydrogens is 270 g/mol. The molecule has 0 aliphatic rings. The van der Waals surface area contributed by atoms with Gasteiger partial charge in [-0.1, -0.05) is 17.7 Å². The molecule has 2 aromatic rings. The van der Waals surface area contributed by atoms with Crippen LogP contribution in [0.2, 0.25) is 5.15 Å². The van der Waals surface area contributed by atoms with Gasteiger partial charge in [-0.3, -0.25) is 10.1 Å². The van der Waals surface area contributed by atoms with Crippen molar-refractivity contribution >= 4 is 17.3 Å². The van der Waals surface area contributed by atoms with Crippen molar-refractivity contribution in [2.24, 2.45) is 0 Å². The fraction of sp³-hybridized carbons (Fsp3) is 0.167. The summed E-state index contributed by atoms with van der Waals surface area (Å²) >= 11 is 5.78. The van der Waals surface area contributed by atoms with Crippen molar-refractivity contribution in [2.45, 2.75) is 13.8 Å². The van der Waals surface area contributed by atoms with Crippen LogP contribution in [0.3, 0.4) is 0 Å². The molecule has 0 saturated carbocycles. The lowest BCUT2D eigenvalue weighted by molar-refractivity contribution is -0.385. The average molecular weight is 280 g/mol. The number of ether oxygens (including phenoxy) is 1. The van der Waals surface area contributed by atoms with Crippen molar-refractivity contribution in [1.29, 1.82) is 0 Å². The van der Waals surface area contributed by atoms with E-state index in [1.54, 1.807) is 19.9 Å². The quantitative estimate of drug-likeness (QED) is 0.488. The van der Waals surface area contributed by atoms with E-state index in [0.29, 0.717) is 5.82 Å². The first-order chi connectivity index (χ1) is 8.95. The van der Waals surface area contributed by atoms with E-state index in [0.717, 1.165) is 5.56 Å². The Hall–Kier alpha value is -2.21. The van der Waals surface area contributed by atoms with Gasteiger partial charge >= 0.3 is 5.69 Å². The molecule has 0 atom stereocenters. The molecule has 6 nitrogen and oxygen atoms in total. The van der Waals surface area contributed by atoms with Crippen LogP contribution in [0.15, 0.2) is 24.3 Å². The van der Waals surface area contributed by atoms with Crippen molar-refractivity contribution < 1.29 is 9.66 Å². The van der Waals surface area contributed by atoms with Crippen LogP contribution in [-0.2, 0) is 0 Å². The average Bonchev–Trinajstić information content (AvgIpc) is 2.30. The van der Waals surface area contributed by atoms with E-state index in [2.05, 4.69) is 9.97 Å². The number of nitro groups is 1. The van der Waals surface area contributed by atoms with Gasteiger partial charge in [0.2, 0.25) is 11.6 Å². The molecule has 0 saturated heterocycles. The third kappa shape index (κ3) is 3.17. The second kappa shape index (κ2) is 5.19. The second-order valence-corrected chi connectivity index (χ2v) is 4.29. The number of hydrogen-bond donors (Lipinski definition) is 0. The maximum Gasteiger partial charge on any atom is 0.311 e. The zero-order valence-corrected chi connectivity index (χ0v) is 11.0. The van der Waals surface area contributed by atoms with E-state index in [9.17, 15) is 10.1 Å². The standard InChI is InChI=1S/C12H10ClN3O3/c1-7-3-4-10(9(5-7)16(17)18)19-12-6-11(13)14-8(2)15-12/h3-6H,1-2H3. The van der Waals surface area contributed by atoms with Gasteiger partial charge in [-0.15, -0.1) is 0 Å². The first-order valence-corrected chi connectivity index (χ1v) is 5.77. The summed E-state index contributed by atoms with van der Waals surface area (Å²) in [5, 5.41) is 11.2. The minimum atomic E-state index is -0.502. The van der Waals surface area contributed by atoms with Crippen molar-refractivity contribution in [2.75, 3.05) is 0 Å². The van der Waals surface area contributed by atoms with Crippen molar-refractivity contribution in [1.82, 2.24) is 9.97 Å². The zero-order valence-electron chi connectivity index (χ0n) is 10.3. The highest BCUT2D eigenvalue weighted by Crippen LogP contribution is 2.31. The highest BCUT2D eigenvalue weighted by molar-refractivity contribution is 6.29. The fourth-order valence-corrected chi connectivity index (χ4v) is 1.74. The van der Waals surface area contributed by atoms with E-state index >= 15 is 0 Å². The van der Waals surface area contributed by atoms with Crippen molar-refractivity contribution in [3.8, 4) is 11.6 Å². The van der Waals surface area contributed by atoms with Gasteiger partial charge in [-0.25, -0.2) is 4.98 Å². The van der Waals surface area contributed by atoms with Crippen LogP contribution in [0, 0.1) is 24.0 Å². The smallest absolute Gasteiger partial charge is 0.311 e. The highest BCUT2D eigenvalue weighted by atomic mass is 35.5.